The van der Waals surface area contributed by atoms with E-state index in [1.54, 1.807) is 0 Å². The maximum Gasteiger partial charge on any atom is 0.218 e. The number of hydrogen-bond acceptors (Lipinski definition) is 2. The van der Waals surface area contributed by atoms with E-state index < -0.39 is 0 Å². The molecule has 1 N–H and O–H groups in total. The summed E-state index contributed by atoms with van der Waals surface area (Å²) in [5.41, 5.74) is 1.09. The first-order chi connectivity index (χ1) is 6.61. The molecule has 1 aromatic rings. The van der Waals surface area contributed by atoms with Gasteiger partial charge < -0.3 is 5.32 Å². The second-order valence-corrected chi connectivity index (χ2v) is 3.48. The van der Waals surface area contributed by atoms with Crippen LogP contribution in [0.3, 0.4) is 0 Å². The molecule has 14 heavy (non-hydrogen) atoms. The molecule has 3 heteroatoms. The minimum absolute atomic E-state index is 0.0208. The van der Waals surface area contributed by atoms with Gasteiger partial charge in [0.15, 0.2) is 0 Å². The molecule has 0 aliphatic rings. The van der Waals surface area contributed by atoms with Gasteiger partial charge in [0.25, 0.3) is 0 Å². The lowest BCUT2D eigenvalue weighted by molar-refractivity contribution is -0.120. The van der Waals surface area contributed by atoms with Crippen LogP contribution in [0.4, 0.5) is 0 Å². The van der Waals surface area contributed by atoms with Crippen LogP contribution in [-0.4, -0.2) is 24.9 Å². The molecule has 0 heterocycles. The molecule has 0 saturated carbocycles. The molecule has 76 valence electrons. The van der Waals surface area contributed by atoms with Crippen LogP contribution in [0, 0.1) is 0 Å². The molecule has 1 rings (SSSR count). The molecule has 0 saturated heterocycles. The number of nitrogens with zero attached hydrogens (tertiary/aromatic N) is 1. The van der Waals surface area contributed by atoms with Crippen LogP contribution in [0.1, 0.15) is 18.7 Å². The fourth-order valence-corrected chi connectivity index (χ4v) is 1.34. The van der Waals surface area contributed by atoms with Crippen molar-refractivity contribution in [3.8, 4) is 0 Å². The van der Waals surface area contributed by atoms with Gasteiger partial charge in [-0.15, -0.1) is 0 Å². The minimum Gasteiger partial charge on any atom is -0.337 e. The van der Waals surface area contributed by atoms with Gasteiger partial charge in [-0.05, 0) is 19.7 Å². The maximum atomic E-state index is 11.0. The predicted molar refractivity (Wildman–Crippen MR) is 56.7 cm³/mol. The summed E-state index contributed by atoms with van der Waals surface area (Å²) in [6, 6.07) is 9.90. The highest BCUT2D eigenvalue weighted by Gasteiger charge is 2.13. The molecule has 0 bridgehead atoms. The van der Waals surface area contributed by atoms with Crippen molar-refractivity contribution in [3.05, 3.63) is 35.9 Å². The van der Waals surface area contributed by atoms with E-state index in [4.69, 9.17) is 0 Å². The molecule has 0 aliphatic carbocycles. The highest BCUT2D eigenvalue weighted by molar-refractivity contribution is 5.73. The molecule has 1 atom stereocenters. The summed E-state index contributed by atoms with van der Waals surface area (Å²) in [5.74, 6) is -0.0208. The van der Waals surface area contributed by atoms with Crippen LogP contribution in [0.2, 0.25) is 0 Å². The summed E-state index contributed by atoms with van der Waals surface area (Å²) in [5, 5.41) is 2.88. The molecular formula is C11H16N2O. The van der Waals surface area contributed by atoms with Crippen molar-refractivity contribution in [1.82, 2.24) is 10.2 Å². The second-order valence-electron chi connectivity index (χ2n) is 3.48. The molecule has 0 fully saturated rings. The summed E-state index contributed by atoms with van der Waals surface area (Å²) in [7, 11) is 3.88. The van der Waals surface area contributed by atoms with Gasteiger partial charge in [0, 0.05) is 6.92 Å². The van der Waals surface area contributed by atoms with E-state index in [-0.39, 0.29) is 12.1 Å². The van der Waals surface area contributed by atoms with Crippen molar-refractivity contribution in [3.63, 3.8) is 0 Å². The summed E-state index contributed by atoms with van der Waals surface area (Å²) < 4.78 is 0. The van der Waals surface area contributed by atoms with Gasteiger partial charge in [-0.3, -0.25) is 9.69 Å². The number of hydrogen-bond donors (Lipinski definition) is 1. The van der Waals surface area contributed by atoms with E-state index >= 15 is 0 Å². The van der Waals surface area contributed by atoms with Crippen LogP contribution in [0.15, 0.2) is 30.3 Å². The Morgan fingerprint density at radius 3 is 2.29 bits per heavy atom. The third-order valence-corrected chi connectivity index (χ3v) is 1.97. The van der Waals surface area contributed by atoms with Gasteiger partial charge in [0.2, 0.25) is 5.91 Å². The standard InChI is InChI=1S/C11H16N2O/c1-9(14)12-11(13(2)3)10-7-5-4-6-8-10/h4-8,11H,1-3H3,(H,12,14). The summed E-state index contributed by atoms with van der Waals surface area (Å²) in [4.78, 5) is 13.0. The molecule has 0 radical (unpaired) electrons. The summed E-state index contributed by atoms with van der Waals surface area (Å²) >= 11 is 0. The first-order valence-corrected chi connectivity index (χ1v) is 4.59. The summed E-state index contributed by atoms with van der Waals surface area (Å²) in [6.45, 7) is 1.53. The highest BCUT2D eigenvalue weighted by Crippen LogP contribution is 2.13. The highest BCUT2D eigenvalue weighted by atomic mass is 16.1. The molecule has 1 unspecified atom stereocenters. The number of carbonyl (C=O) groups is 1. The van der Waals surface area contributed by atoms with Crippen molar-refractivity contribution >= 4 is 5.91 Å². The van der Waals surface area contributed by atoms with Crippen molar-refractivity contribution in [1.29, 1.82) is 0 Å². The van der Waals surface area contributed by atoms with Crippen LogP contribution >= 0.6 is 0 Å². The average Bonchev–Trinajstić information content (AvgIpc) is 2.15. The van der Waals surface area contributed by atoms with Gasteiger partial charge in [-0.2, -0.15) is 0 Å². The first-order valence-electron chi connectivity index (χ1n) is 4.59. The fraction of sp³-hybridized carbons (Fsp3) is 0.364. The molecular weight excluding hydrogens is 176 g/mol. The molecule has 3 nitrogen and oxygen atoms in total. The van der Waals surface area contributed by atoms with Gasteiger partial charge in [-0.1, -0.05) is 30.3 Å². The largest absolute Gasteiger partial charge is 0.337 e. The van der Waals surface area contributed by atoms with Gasteiger partial charge >= 0.3 is 0 Å². The van der Waals surface area contributed by atoms with Gasteiger partial charge in [-0.25, -0.2) is 0 Å². The summed E-state index contributed by atoms with van der Waals surface area (Å²) in [6.07, 6.45) is -0.0475. The van der Waals surface area contributed by atoms with Crippen LogP contribution < -0.4 is 5.32 Å². The maximum absolute atomic E-state index is 11.0. The zero-order chi connectivity index (χ0) is 10.6. The number of amides is 1. The van der Waals surface area contributed by atoms with Gasteiger partial charge in [0.05, 0.1) is 0 Å². The molecule has 0 aromatic heterocycles. The number of carbonyl (C=O) groups excluding carboxylic acids is 1. The van der Waals surface area contributed by atoms with E-state index in [2.05, 4.69) is 5.32 Å². The van der Waals surface area contributed by atoms with Crippen molar-refractivity contribution in [2.24, 2.45) is 0 Å². The lowest BCUT2D eigenvalue weighted by Gasteiger charge is -2.25. The Morgan fingerprint density at radius 2 is 1.86 bits per heavy atom. The lowest BCUT2D eigenvalue weighted by atomic mass is 10.1. The third kappa shape index (κ3) is 2.85. The smallest absolute Gasteiger partial charge is 0.218 e. The zero-order valence-electron chi connectivity index (χ0n) is 8.82. The average molecular weight is 192 g/mol. The van der Waals surface area contributed by atoms with Crippen LogP contribution in [-0.2, 0) is 4.79 Å². The van der Waals surface area contributed by atoms with E-state index in [1.165, 1.54) is 6.92 Å². The quantitative estimate of drug-likeness (QED) is 0.734. The SMILES string of the molecule is CC(=O)NC(c1ccccc1)N(C)C. The van der Waals surface area contributed by atoms with Crippen LogP contribution in [0.5, 0.6) is 0 Å². The normalized spacial score (nSPS) is 12.6. The molecule has 0 aliphatic heterocycles. The molecule has 1 amide bonds. The van der Waals surface area contributed by atoms with Gasteiger partial charge in [0.1, 0.15) is 6.17 Å². The van der Waals surface area contributed by atoms with Crippen molar-refractivity contribution in [2.45, 2.75) is 13.1 Å². The Labute approximate surface area is 84.7 Å². The number of rotatable bonds is 3. The minimum atomic E-state index is -0.0475. The number of nitrogens with one attached hydrogen (secondary N) is 1. The predicted octanol–water partition coefficient (Wildman–Crippen LogP) is 1.38. The lowest BCUT2D eigenvalue weighted by Crippen LogP contribution is -2.36. The Hall–Kier alpha value is -1.35. The fourth-order valence-electron chi connectivity index (χ4n) is 1.34. The Kier molecular flexibility index (Phi) is 3.65. The first kappa shape index (κ1) is 10.7. The Balaban J connectivity index is 2.83. The van der Waals surface area contributed by atoms with Crippen LogP contribution in [0.25, 0.3) is 0 Å². The van der Waals surface area contributed by atoms with Crippen molar-refractivity contribution in [2.75, 3.05) is 14.1 Å². The topological polar surface area (TPSA) is 32.3 Å². The van der Waals surface area contributed by atoms with E-state index in [1.807, 2.05) is 49.3 Å². The third-order valence-electron chi connectivity index (χ3n) is 1.97. The molecule has 1 aromatic carbocycles. The van der Waals surface area contributed by atoms with E-state index in [0.717, 1.165) is 5.56 Å². The van der Waals surface area contributed by atoms with E-state index in [0.29, 0.717) is 0 Å². The van der Waals surface area contributed by atoms with E-state index in [9.17, 15) is 4.79 Å². The van der Waals surface area contributed by atoms with Crippen molar-refractivity contribution < 1.29 is 4.79 Å². The monoisotopic (exact) mass is 192 g/mol. The Morgan fingerprint density at radius 1 is 1.29 bits per heavy atom. The second kappa shape index (κ2) is 4.77. The Bertz CT molecular complexity index is 295. The molecule has 0 spiro atoms. The zero-order valence-corrected chi connectivity index (χ0v) is 8.82. The number of benzene rings is 1.